The molecule has 0 radical (unpaired) electrons. The summed E-state index contributed by atoms with van der Waals surface area (Å²) < 4.78 is 10.4. The van der Waals surface area contributed by atoms with Crippen molar-refractivity contribution >= 4 is 17.5 Å². The highest BCUT2D eigenvalue weighted by atomic mass is 16.5. The third-order valence-corrected chi connectivity index (χ3v) is 2.41. The van der Waals surface area contributed by atoms with Crippen LogP contribution >= 0.6 is 0 Å². The lowest BCUT2D eigenvalue weighted by molar-refractivity contribution is 0.395. The van der Waals surface area contributed by atoms with Crippen molar-refractivity contribution in [2.24, 2.45) is 5.84 Å². The fraction of sp³-hybridized carbons (Fsp3) is 0.167. The average molecular weight is 261 g/mol. The lowest BCUT2D eigenvalue weighted by Gasteiger charge is -2.10. The molecule has 0 aliphatic heterocycles. The van der Waals surface area contributed by atoms with E-state index in [1.807, 2.05) is 12.1 Å². The second-order valence-corrected chi connectivity index (χ2v) is 3.64. The van der Waals surface area contributed by atoms with Crippen LogP contribution in [0.4, 0.5) is 17.5 Å². The standard InChI is InChI=1S/C12H15N5O2/c1-18-9-5-8(6-10(7-9)19-2)15-11-3-4-14-12(16-11)17-13/h3-7H,13H2,1-2H3,(H2,14,15,16,17). The zero-order chi connectivity index (χ0) is 13.7. The third-order valence-electron chi connectivity index (χ3n) is 2.41. The smallest absolute Gasteiger partial charge is 0.239 e. The zero-order valence-corrected chi connectivity index (χ0v) is 10.7. The highest BCUT2D eigenvalue weighted by Gasteiger charge is 2.03. The lowest BCUT2D eigenvalue weighted by Crippen LogP contribution is -2.10. The van der Waals surface area contributed by atoms with E-state index >= 15 is 0 Å². The molecular formula is C12H15N5O2. The van der Waals surface area contributed by atoms with Crippen LogP contribution in [-0.2, 0) is 0 Å². The molecule has 2 aromatic rings. The van der Waals surface area contributed by atoms with Gasteiger partial charge in [-0.15, -0.1) is 0 Å². The first kappa shape index (κ1) is 12.9. The first-order valence-corrected chi connectivity index (χ1v) is 5.55. The van der Waals surface area contributed by atoms with Crippen molar-refractivity contribution in [1.29, 1.82) is 0 Å². The molecule has 4 N–H and O–H groups in total. The Morgan fingerprint density at radius 3 is 2.37 bits per heavy atom. The van der Waals surface area contributed by atoms with E-state index in [0.717, 1.165) is 5.69 Å². The molecule has 2 rings (SSSR count). The van der Waals surface area contributed by atoms with Crippen LogP contribution in [0.1, 0.15) is 0 Å². The maximum absolute atomic E-state index is 5.26. The zero-order valence-electron chi connectivity index (χ0n) is 10.7. The van der Waals surface area contributed by atoms with Crippen LogP contribution < -0.4 is 26.1 Å². The number of nitrogens with one attached hydrogen (secondary N) is 2. The number of hydrazine groups is 1. The van der Waals surface area contributed by atoms with Gasteiger partial charge in [0.2, 0.25) is 5.95 Å². The summed E-state index contributed by atoms with van der Waals surface area (Å²) in [6.07, 6.45) is 1.60. The number of benzene rings is 1. The van der Waals surface area contributed by atoms with Crippen molar-refractivity contribution < 1.29 is 9.47 Å². The molecule has 19 heavy (non-hydrogen) atoms. The van der Waals surface area contributed by atoms with Crippen molar-refractivity contribution in [3.63, 3.8) is 0 Å². The lowest BCUT2D eigenvalue weighted by atomic mass is 10.2. The normalized spacial score (nSPS) is 9.84. The molecule has 0 spiro atoms. The summed E-state index contributed by atoms with van der Waals surface area (Å²) in [6.45, 7) is 0. The molecule has 1 heterocycles. The van der Waals surface area contributed by atoms with Crippen LogP contribution in [0.2, 0.25) is 0 Å². The first-order chi connectivity index (χ1) is 9.25. The largest absolute Gasteiger partial charge is 0.497 e. The molecule has 7 nitrogen and oxygen atoms in total. The van der Waals surface area contributed by atoms with Crippen LogP contribution in [0, 0.1) is 0 Å². The molecule has 0 amide bonds. The summed E-state index contributed by atoms with van der Waals surface area (Å²) in [6, 6.07) is 7.19. The maximum atomic E-state index is 5.26. The van der Waals surface area contributed by atoms with E-state index in [0.29, 0.717) is 23.3 Å². The number of methoxy groups -OCH3 is 2. The minimum Gasteiger partial charge on any atom is -0.497 e. The Morgan fingerprint density at radius 2 is 1.79 bits per heavy atom. The van der Waals surface area contributed by atoms with Gasteiger partial charge in [0.15, 0.2) is 0 Å². The summed E-state index contributed by atoms with van der Waals surface area (Å²) in [4.78, 5) is 8.09. The van der Waals surface area contributed by atoms with Crippen LogP contribution in [0.25, 0.3) is 0 Å². The number of nitrogen functional groups attached to an aromatic ring is 1. The summed E-state index contributed by atoms with van der Waals surface area (Å²) >= 11 is 0. The van der Waals surface area contributed by atoms with Crippen molar-refractivity contribution in [2.45, 2.75) is 0 Å². The molecule has 0 aliphatic carbocycles. The van der Waals surface area contributed by atoms with Gasteiger partial charge >= 0.3 is 0 Å². The van der Waals surface area contributed by atoms with Gasteiger partial charge < -0.3 is 14.8 Å². The summed E-state index contributed by atoms with van der Waals surface area (Å²) in [5.74, 6) is 7.58. The Kier molecular flexibility index (Phi) is 3.99. The minimum absolute atomic E-state index is 0.333. The van der Waals surface area contributed by atoms with Gasteiger partial charge in [-0.25, -0.2) is 10.8 Å². The molecule has 0 aliphatic rings. The van der Waals surface area contributed by atoms with Gasteiger partial charge in [-0.05, 0) is 6.07 Å². The van der Waals surface area contributed by atoms with Crippen molar-refractivity contribution in [1.82, 2.24) is 9.97 Å². The van der Waals surface area contributed by atoms with Gasteiger partial charge in [-0.2, -0.15) is 4.98 Å². The molecule has 0 saturated carbocycles. The Bertz CT molecular complexity index is 539. The molecule has 0 fully saturated rings. The predicted octanol–water partition coefficient (Wildman–Crippen LogP) is 1.52. The first-order valence-electron chi connectivity index (χ1n) is 5.55. The Morgan fingerprint density at radius 1 is 1.11 bits per heavy atom. The quantitative estimate of drug-likeness (QED) is 0.555. The number of hydrogen-bond acceptors (Lipinski definition) is 7. The van der Waals surface area contributed by atoms with Crippen molar-refractivity contribution in [2.75, 3.05) is 25.0 Å². The van der Waals surface area contributed by atoms with Gasteiger partial charge in [0.1, 0.15) is 17.3 Å². The maximum Gasteiger partial charge on any atom is 0.239 e. The molecule has 0 saturated heterocycles. The van der Waals surface area contributed by atoms with Gasteiger partial charge in [-0.1, -0.05) is 0 Å². The van der Waals surface area contributed by atoms with E-state index < -0.39 is 0 Å². The minimum atomic E-state index is 0.333. The van der Waals surface area contributed by atoms with E-state index in [4.69, 9.17) is 15.3 Å². The molecule has 0 unspecified atom stereocenters. The van der Waals surface area contributed by atoms with Crippen molar-refractivity contribution in [3.8, 4) is 11.5 Å². The fourth-order valence-electron chi connectivity index (χ4n) is 1.53. The number of ether oxygens (including phenoxy) is 2. The van der Waals surface area contributed by atoms with Gasteiger partial charge in [0.25, 0.3) is 0 Å². The van der Waals surface area contributed by atoms with E-state index in [2.05, 4.69) is 20.7 Å². The van der Waals surface area contributed by atoms with E-state index in [-0.39, 0.29) is 0 Å². The molecule has 100 valence electrons. The number of nitrogens with two attached hydrogens (primary N) is 1. The van der Waals surface area contributed by atoms with E-state index in [1.54, 1.807) is 32.5 Å². The molecule has 1 aromatic heterocycles. The van der Waals surface area contributed by atoms with Crippen LogP contribution in [0.15, 0.2) is 30.5 Å². The van der Waals surface area contributed by atoms with Crippen LogP contribution in [-0.4, -0.2) is 24.2 Å². The Balaban J connectivity index is 2.26. The SMILES string of the molecule is COc1cc(Nc2ccnc(NN)n2)cc(OC)c1. The van der Waals surface area contributed by atoms with Crippen molar-refractivity contribution in [3.05, 3.63) is 30.5 Å². The topological polar surface area (TPSA) is 94.3 Å². The number of anilines is 3. The second kappa shape index (κ2) is 5.87. The average Bonchev–Trinajstić information content (AvgIpc) is 2.47. The molecule has 0 bridgehead atoms. The van der Waals surface area contributed by atoms with Gasteiger partial charge in [0.05, 0.1) is 14.2 Å². The number of nitrogens with zero attached hydrogens (tertiary/aromatic N) is 2. The van der Waals surface area contributed by atoms with E-state index in [1.165, 1.54) is 0 Å². The summed E-state index contributed by atoms with van der Waals surface area (Å²) in [5.41, 5.74) is 3.18. The molecule has 1 aromatic carbocycles. The highest BCUT2D eigenvalue weighted by Crippen LogP contribution is 2.27. The second-order valence-electron chi connectivity index (χ2n) is 3.64. The Hall–Kier alpha value is -2.54. The highest BCUT2D eigenvalue weighted by molar-refractivity contribution is 5.61. The molecule has 7 heteroatoms. The molecular weight excluding hydrogens is 246 g/mol. The number of rotatable bonds is 5. The monoisotopic (exact) mass is 261 g/mol. The summed E-state index contributed by atoms with van der Waals surface area (Å²) in [5, 5.41) is 3.12. The van der Waals surface area contributed by atoms with Crippen LogP contribution in [0.5, 0.6) is 11.5 Å². The van der Waals surface area contributed by atoms with Gasteiger partial charge in [-0.3, -0.25) is 5.43 Å². The molecule has 0 atom stereocenters. The fourth-order valence-corrected chi connectivity index (χ4v) is 1.53. The van der Waals surface area contributed by atoms with Gasteiger partial charge in [0, 0.05) is 30.1 Å². The van der Waals surface area contributed by atoms with E-state index in [9.17, 15) is 0 Å². The Labute approximate surface area is 110 Å². The number of hydrogen-bond donors (Lipinski definition) is 3. The summed E-state index contributed by atoms with van der Waals surface area (Å²) in [7, 11) is 3.19. The van der Waals surface area contributed by atoms with Crippen LogP contribution in [0.3, 0.4) is 0 Å². The predicted molar refractivity (Wildman–Crippen MR) is 72.7 cm³/mol. The third kappa shape index (κ3) is 3.23. The number of aromatic nitrogens is 2.